The van der Waals surface area contributed by atoms with E-state index >= 15 is 0 Å². The minimum absolute atomic E-state index is 0.0859. The fourth-order valence-electron chi connectivity index (χ4n) is 2.34. The Hall–Kier alpha value is -2.37. The first-order valence-corrected chi connectivity index (χ1v) is 7.35. The number of nitrogens with one attached hydrogen (secondary N) is 2. The molecule has 0 fully saturated rings. The minimum atomic E-state index is -0.532. The van der Waals surface area contributed by atoms with Gasteiger partial charge in [0, 0.05) is 12.4 Å². The van der Waals surface area contributed by atoms with E-state index in [0.29, 0.717) is 23.6 Å². The van der Waals surface area contributed by atoms with Crippen molar-refractivity contribution in [1.29, 1.82) is 0 Å². The molecule has 1 heterocycles. The molecule has 0 aliphatic carbocycles. The molecule has 2 aromatic rings. The summed E-state index contributed by atoms with van der Waals surface area (Å²) in [6.07, 6.45) is 0.674. The lowest BCUT2D eigenvalue weighted by molar-refractivity contribution is -0.128. The molecule has 2 N–H and O–H groups in total. The number of hydrogen-bond donors (Lipinski definition) is 2. The monoisotopic (exact) mass is 303 g/mol. The van der Waals surface area contributed by atoms with Gasteiger partial charge in [-0.2, -0.15) is 0 Å². The first-order chi connectivity index (χ1) is 10.5. The number of carbonyl (C=O) groups is 2. The second-order valence-electron chi connectivity index (χ2n) is 5.67. The number of nitrogens with zero attached hydrogens (tertiary/aromatic N) is 1. The van der Waals surface area contributed by atoms with Crippen molar-refractivity contribution in [3.63, 3.8) is 0 Å². The summed E-state index contributed by atoms with van der Waals surface area (Å²) in [6, 6.07) is 6.85. The maximum Gasteiger partial charge on any atom is 0.242 e. The predicted octanol–water partition coefficient (Wildman–Crippen LogP) is 1.65. The van der Waals surface area contributed by atoms with Crippen LogP contribution in [0, 0.1) is 5.92 Å². The van der Waals surface area contributed by atoms with Gasteiger partial charge in [-0.25, -0.2) is 0 Å². The van der Waals surface area contributed by atoms with Crippen LogP contribution in [0.25, 0.3) is 11.0 Å². The largest absolute Gasteiger partial charge is 0.357 e. The van der Waals surface area contributed by atoms with E-state index in [4.69, 9.17) is 4.52 Å². The molecule has 22 heavy (non-hydrogen) atoms. The number of hydrogen-bond acceptors (Lipinski definition) is 4. The summed E-state index contributed by atoms with van der Waals surface area (Å²) in [4.78, 5) is 24.0. The molecule has 0 saturated carbocycles. The van der Waals surface area contributed by atoms with Crippen LogP contribution in [-0.2, 0) is 16.0 Å². The number of rotatable bonds is 6. The van der Waals surface area contributed by atoms with Crippen LogP contribution in [0.1, 0.15) is 26.0 Å². The van der Waals surface area contributed by atoms with Gasteiger partial charge in [-0.15, -0.1) is 0 Å². The fraction of sp³-hybridized carbons (Fsp3) is 0.438. The third-order valence-electron chi connectivity index (χ3n) is 3.39. The molecule has 6 nitrogen and oxygen atoms in total. The van der Waals surface area contributed by atoms with Gasteiger partial charge < -0.3 is 15.2 Å². The fourth-order valence-corrected chi connectivity index (χ4v) is 2.34. The van der Waals surface area contributed by atoms with Crippen molar-refractivity contribution >= 4 is 22.8 Å². The number of benzene rings is 1. The number of para-hydroxylation sites is 1. The van der Waals surface area contributed by atoms with Crippen LogP contribution < -0.4 is 10.6 Å². The van der Waals surface area contributed by atoms with Gasteiger partial charge in [0.2, 0.25) is 11.8 Å². The van der Waals surface area contributed by atoms with E-state index in [1.165, 1.54) is 0 Å². The zero-order chi connectivity index (χ0) is 16.1. The Kier molecular flexibility index (Phi) is 5.14. The highest BCUT2D eigenvalue weighted by molar-refractivity contribution is 5.90. The summed E-state index contributed by atoms with van der Waals surface area (Å²) >= 11 is 0. The highest BCUT2D eigenvalue weighted by Gasteiger charge is 2.22. The van der Waals surface area contributed by atoms with Crippen LogP contribution in [0.3, 0.4) is 0 Å². The van der Waals surface area contributed by atoms with Gasteiger partial charge >= 0.3 is 0 Å². The Morgan fingerprint density at radius 2 is 2.00 bits per heavy atom. The van der Waals surface area contributed by atoms with E-state index in [1.54, 1.807) is 13.1 Å². The topological polar surface area (TPSA) is 84.2 Å². The standard InChI is InChI=1S/C16H21N3O3/c1-10(2)8-13(16(21)17-3)18-15(20)9-12-11-6-4-5-7-14(11)22-19-12/h4-7,10,13H,8-9H2,1-3H3,(H,17,21)(H,18,20)/t13-/m1/s1. The Labute approximate surface area is 129 Å². The summed E-state index contributed by atoms with van der Waals surface area (Å²) in [7, 11) is 1.56. The van der Waals surface area contributed by atoms with Gasteiger partial charge in [0.05, 0.1) is 6.42 Å². The number of amides is 2. The molecular weight excluding hydrogens is 282 g/mol. The molecule has 1 aromatic carbocycles. The Morgan fingerprint density at radius 1 is 1.27 bits per heavy atom. The molecule has 0 unspecified atom stereocenters. The maximum atomic E-state index is 12.2. The third-order valence-corrected chi connectivity index (χ3v) is 3.39. The van der Waals surface area contributed by atoms with Gasteiger partial charge in [-0.3, -0.25) is 9.59 Å². The number of likely N-dealkylation sites (N-methyl/N-ethyl adjacent to an activating group) is 1. The van der Waals surface area contributed by atoms with Gasteiger partial charge in [0.1, 0.15) is 11.7 Å². The van der Waals surface area contributed by atoms with Crippen LogP contribution in [0.5, 0.6) is 0 Å². The molecule has 1 aromatic heterocycles. The molecule has 0 saturated heterocycles. The highest BCUT2D eigenvalue weighted by Crippen LogP contribution is 2.18. The van der Waals surface area contributed by atoms with E-state index in [1.807, 2.05) is 32.0 Å². The van der Waals surface area contributed by atoms with Crippen molar-refractivity contribution in [2.75, 3.05) is 7.05 Å². The number of carbonyl (C=O) groups excluding carboxylic acids is 2. The molecule has 0 aliphatic heterocycles. The van der Waals surface area contributed by atoms with Crippen molar-refractivity contribution in [2.45, 2.75) is 32.7 Å². The molecule has 118 valence electrons. The quantitative estimate of drug-likeness (QED) is 0.850. The molecule has 0 radical (unpaired) electrons. The summed E-state index contributed by atoms with van der Waals surface area (Å²) in [5.74, 6) is -0.129. The lowest BCUT2D eigenvalue weighted by atomic mass is 10.0. The summed E-state index contributed by atoms with van der Waals surface area (Å²) in [5, 5.41) is 10.1. The van der Waals surface area contributed by atoms with E-state index < -0.39 is 6.04 Å². The van der Waals surface area contributed by atoms with E-state index in [-0.39, 0.29) is 18.2 Å². The number of aromatic nitrogens is 1. The average Bonchev–Trinajstić information content (AvgIpc) is 2.88. The maximum absolute atomic E-state index is 12.2. The molecule has 0 bridgehead atoms. The first-order valence-electron chi connectivity index (χ1n) is 7.35. The molecule has 1 atom stereocenters. The van der Waals surface area contributed by atoms with Gasteiger partial charge in [-0.05, 0) is 24.5 Å². The van der Waals surface area contributed by atoms with Crippen molar-refractivity contribution < 1.29 is 14.1 Å². The van der Waals surface area contributed by atoms with Gasteiger partial charge in [0.15, 0.2) is 5.58 Å². The minimum Gasteiger partial charge on any atom is -0.357 e. The zero-order valence-electron chi connectivity index (χ0n) is 13.1. The average molecular weight is 303 g/mol. The molecule has 2 rings (SSSR count). The van der Waals surface area contributed by atoms with Crippen LogP contribution in [0.2, 0.25) is 0 Å². The molecular formula is C16H21N3O3. The highest BCUT2D eigenvalue weighted by atomic mass is 16.5. The second kappa shape index (κ2) is 7.06. The molecule has 0 spiro atoms. The van der Waals surface area contributed by atoms with Gasteiger partial charge in [-0.1, -0.05) is 31.1 Å². The summed E-state index contributed by atoms with van der Waals surface area (Å²) in [6.45, 7) is 4.01. The van der Waals surface area contributed by atoms with Crippen molar-refractivity contribution in [1.82, 2.24) is 15.8 Å². The van der Waals surface area contributed by atoms with Crippen LogP contribution in [0.4, 0.5) is 0 Å². The smallest absolute Gasteiger partial charge is 0.242 e. The Morgan fingerprint density at radius 3 is 2.68 bits per heavy atom. The van der Waals surface area contributed by atoms with Crippen LogP contribution in [-0.4, -0.2) is 30.1 Å². The number of fused-ring (bicyclic) bond motifs is 1. The molecule has 2 amide bonds. The summed E-state index contributed by atoms with van der Waals surface area (Å²) in [5.41, 5.74) is 1.23. The zero-order valence-corrected chi connectivity index (χ0v) is 13.1. The Balaban J connectivity index is 2.06. The second-order valence-corrected chi connectivity index (χ2v) is 5.67. The molecule has 0 aliphatic rings. The lowest BCUT2D eigenvalue weighted by Crippen LogP contribution is -2.46. The first kappa shape index (κ1) is 16.0. The normalized spacial score (nSPS) is 12.4. The SMILES string of the molecule is CNC(=O)[C@@H](CC(C)C)NC(=O)Cc1noc2ccccc12. The third kappa shape index (κ3) is 3.84. The van der Waals surface area contributed by atoms with E-state index in [0.717, 1.165) is 5.39 Å². The van der Waals surface area contributed by atoms with Gasteiger partial charge in [0.25, 0.3) is 0 Å². The molecule has 6 heteroatoms. The van der Waals surface area contributed by atoms with Crippen LogP contribution in [0.15, 0.2) is 28.8 Å². The van der Waals surface area contributed by atoms with E-state index in [9.17, 15) is 9.59 Å². The van der Waals surface area contributed by atoms with Crippen molar-refractivity contribution in [3.05, 3.63) is 30.0 Å². The van der Waals surface area contributed by atoms with Crippen molar-refractivity contribution in [3.8, 4) is 0 Å². The van der Waals surface area contributed by atoms with Crippen molar-refractivity contribution in [2.24, 2.45) is 5.92 Å². The Bertz CT molecular complexity index is 663. The van der Waals surface area contributed by atoms with Crippen LogP contribution >= 0.6 is 0 Å². The summed E-state index contributed by atoms with van der Waals surface area (Å²) < 4.78 is 5.18. The predicted molar refractivity (Wildman–Crippen MR) is 83.2 cm³/mol. The van der Waals surface area contributed by atoms with E-state index in [2.05, 4.69) is 15.8 Å². The lowest BCUT2D eigenvalue weighted by Gasteiger charge is -2.18.